The number of ether oxygens (including phenoxy) is 1. The van der Waals surface area contributed by atoms with Gasteiger partial charge < -0.3 is 15.4 Å². The molecule has 0 aliphatic carbocycles. The molecule has 0 fully saturated rings. The maximum Gasteiger partial charge on any atom is 0.288 e. The van der Waals surface area contributed by atoms with Gasteiger partial charge in [-0.25, -0.2) is 4.98 Å². The first-order valence-corrected chi connectivity index (χ1v) is 6.69. The van der Waals surface area contributed by atoms with Gasteiger partial charge in [0.2, 0.25) is 0 Å². The zero-order chi connectivity index (χ0) is 15.7. The van der Waals surface area contributed by atoms with Crippen LogP contribution in [0.5, 0.6) is 0 Å². The molecule has 1 amide bonds. The summed E-state index contributed by atoms with van der Waals surface area (Å²) in [5.41, 5.74) is -0.0390. The molecule has 116 valence electrons. The lowest BCUT2D eigenvalue weighted by atomic mass is 10.2. The third-order valence-electron chi connectivity index (χ3n) is 2.88. The van der Waals surface area contributed by atoms with Crippen LogP contribution in [0.2, 0.25) is 0 Å². The minimum atomic E-state index is -0.575. The van der Waals surface area contributed by atoms with Crippen molar-refractivity contribution in [2.24, 2.45) is 0 Å². The predicted molar refractivity (Wildman–Crippen MR) is 78.5 cm³/mol. The van der Waals surface area contributed by atoms with Crippen molar-refractivity contribution >= 4 is 17.4 Å². The summed E-state index contributed by atoms with van der Waals surface area (Å²) in [4.78, 5) is 26.1. The van der Waals surface area contributed by atoms with Gasteiger partial charge in [0.25, 0.3) is 11.6 Å². The molecule has 8 nitrogen and oxygen atoms in total. The lowest BCUT2D eigenvalue weighted by Crippen LogP contribution is -2.25. The van der Waals surface area contributed by atoms with Crippen molar-refractivity contribution < 1.29 is 14.5 Å². The Bertz CT molecular complexity index is 493. The molecule has 1 heterocycles. The largest absolute Gasteiger partial charge is 0.385 e. The monoisotopic (exact) mass is 296 g/mol. The molecule has 0 aliphatic heterocycles. The van der Waals surface area contributed by atoms with Crippen LogP contribution in [-0.2, 0) is 4.74 Å². The molecule has 0 aliphatic rings. The Morgan fingerprint density at radius 2 is 2.19 bits per heavy atom. The topological polar surface area (TPSA) is 106 Å². The van der Waals surface area contributed by atoms with E-state index in [0.717, 1.165) is 25.5 Å². The maximum absolute atomic E-state index is 12.0. The van der Waals surface area contributed by atoms with E-state index in [2.05, 4.69) is 15.6 Å². The molecule has 0 unspecified atom stereocenters. The summed E-state index contributed by atoms with van der Waals surface area (Å²) in [5.74, 6) is -0.0558. The van der Waals surface area contributed by atoms with Crippen molar-refractivity contribution in [3.05, 3.63) is 27.9 Å². The van der Waals surface area contributed by atoms with E-state index in [0.29, 0.717) is 19.0 Å². The van der Waals surface area contributed by atoms with Crippen LogP contribution in [0.3, 0.4) is 0 Å². The summed E-state index contributed by atoms with van der Waals surface area (Å²) in [6.45, 7) is 1.21. The molecule has 1 aromatic heterocycles. The van der Waals surface area contributed by atoms with E-state index in [4.69, 9.17) is 4.74 Å². The Morgan fingerprint density at radius 3 is 2.81 bits per heavy atom. The Balaban J connectivity index is 2.59. The first kappa shape index (κ1) is 16.8. The van der Waals surface area contributed by atoms with Gasteiger partial charge in [0, 0.05) is 33.4 Å². The van der Waals surface area contributed by atoms with E-state index in [9.17, 15) is 14.9 Å². The van der Waals surface area contributed by atoms with Crippen molar-refractivity contribution in [1.29, 1.82) is 0 Å². The Hall–Kier alpha value is -2.22. The van der Waals surface area contributed by atoms with Crippen molar-refractivity contribution in [2.45, 2.75) is 19.3 Å². The number of nitrogens with zero attached hydrogens (tertiary/aromatic N) is 2. The second kappa shape index (κ2) is 8.85. The molecule has 0 radical (unpaired) electrons. The number of unbranched alkanes of at least 4 members (excludes halogenated alkanes) is 2. The fourth-order valence-electron chi connectivity index (χ4n) is 1.77. The zero-order valence-electron chi connectivity index (χ0n) is 12.2. The van der Waals surface area contributed by atoms with Gasteiger partial charge in [-0.3, -0.25) is 14.9 Å². The molecule has 2 N–H and O–H groups in total. The minimum absolute atomic E-state index is 0.170. The number of nitro groups is 1. The molecule has 0 bridgehead atoms. The molecule has 8 heteroatoms. The van der Waals surface area contributed by atoms with Gasteiger partial charge >= 0.3 is 0 Å². The summed E-state index contributed by atoms with van der Waals surface area (Å²) in [6.07, 6.45) is 3.83. The number of anilines is 1. The second-order valence-electron chi connectivity index (χ2n) is 4.41. The maximum atomic E-state index is 12.0. The summed E-state index contributed by atoms with van der Waals surface area (Å²) < 4.78 is 4.94. The van der Waals surface area contributed by atoms with Crippen LogP contribution in [-0.4, -0.2) is 43.1 Å². The Labute approximate surface area is 123 Å². The molecular formula is C13H20N4O4. The van der Waals surface area contributed by atoms with E-state index in [1.165, 1.54) is 6.07 Å². The third kappa shape index (κ3) is 5.35. The van der Waals surface area contributed by atoms with E-state index < -0.39 is 4.92 Å². The van der Waals surface area contributed by atoms with Crippen LogP contribution in [0, 0.1) is 10.1 Å². The van der Waals surface area contributed by atoms with Crippen LogP contribution < -0.4 is 10.6 Å². The molecule has 1 aromatic rings. The molecule has 21 heavy (non-hydrogen) atoms. The SMILES string of the molecule is CNc1ncc([N+](=O)[O-])cc1C(=O)NCCCCCOC. The normalized spacial score (nSPS) is 10.2. The van der Waals surface area contributed by atoms with Gasteiger partial charge in [-0.05, 0) is 19.3 Å². The quantitative estimate of drug-likeness (QED) is 0.407. The summed E-state index contributed by atoms with van der Waals surface area (Å²) in [6, 6.07) is 1.22. The average molecular weight is 296 g/mol. The van der Waals surface area contributed by atoms with Gasteiger partial charge in [-0.2, -0.15) is 0 Å². The number of pyridine rings is 1. The van der Waals surface area contributed by atoms with Crippen molar-refractivity contribution in [3.8, 4) is 0 Å². The summed E-state index contributed by atoms with van der Waals surface area (Å²) in [5, 5.41) is 16.2. The standard InChI is InChI=1S/C13H20N4O4/c1-14-12-11(8-10(9-16-12)17(19)20)13(18)15-6-4-3-5-7-21-2/h8-9H,3-7H2,1-2H3,(H,14,16)(H,15,18). The van der Waals surface area contributed by atoms with Gasteiger partial charge in [-0.1, -0.05) is 0 Å². The summed E-state index contributed by atoms with van der Waals surface area (Å²) >= 11 is 0. The Morgan fingerprint density at radius 1 is 1.43 bits per heavy atom. The van der Waals surface area contributed by atoms with Crippen molar-refractivity contribution in [3.63, 3.8) is 0 Å². The molecule has 0 saturated carbocycles. The third-order valence-corrected chi connectivity index (χ3v) is 2.88. The van der Waals surface area contributed by atoms with Gasteiger partial charge in [-0.15, -0.1) is 0 Å². The highest BCUT2D eigenvalue weighted by molar-refractivity contribution is 5.99. The molecular weight excluding hydrogens is 276 g/mol. The van der Waals surface area contributed by atoms with E-state index in [1.807, 2.05) is 0 Å². The van der Waals surface area contributed by atoms with Crippen LogP contribution in [0.15, 0.2) is 12.3 Å². The highest BCUT2D eigenvalue weighted by atomic mass is 16.6. The molecule has 0 saturated heterocycles. The average Bonchev–Trinajstić information content (AvgIpc) is 2.49. The lowest BCUT2D eigenvalue weighted by Gasteiger charge is -2.08. The van der Waals surface area contributed by atoms with E-state index in [1.54, 1.807) is 14.2 Å². The van der Waals surface area contributed by atoms with E-state index >= 15 is 0 Å². The molecule has 0 aromatic carbocycles. The number of rotatable bonds is 9. The van der Waals surface area contributed by atoms with E-state index in [-0.39, 0.29) is 17.2 Å². The first-order valence-electron chi connectivity index (χ1n) is 6.69. The lowest BCUT2D eigenvalue weighted by molar-refractivity contribution is -0.385. The zero-order valence-corrected chi connectivity index (χ0v) is 12.2. The van der Waals surface area contributed by atoms with Gasteiger partial charge in [0.15, 0.2) is 0 Å². The summed E-state index contributed by atoms with van der Waals surface area (Å²) in [7, 11) is 3.26. The number of aromatic nitrogens is 1. The molecule has 0 atom stereocenters. The molecule has 0 spiro atoms. The van der Waals surface area contributed by atoms with Crippen LogP contribution in [0.1, 0.15) is 29.6 Å². The second-order valence-corrected chi connectivity index (χ2v) is 4.41. The van der Waals surface area contributed by atoms with Crippen molar-refractivity contribution in [1.82, 2.24) is 10.3 Å². The number of nitrogens with one attached hydrogen (secondary N) is 2. The number of hydrogen-bond donors (Lipinski definition) is 2. The minimum Gasteiger partial charge on any atom is -0.385 e. The van der Waals surface area contributed by atoms with Crippen LogP contribution in [0.25, 0.3) is 0 Å². The number of amides is 1. The highest BCUT2D eigenvalue weighted by Gasteiger charge is 2.17. The number of carbonyl (C=O) groups is 1. The predicted octanol–water partition coefficient (Wildman–Crippen LogP) is 1.58. The van der Waals surface area contributed by atoms with Crippen LogP contribution >= 0.6 is 0 Å². The highest BCUT2D eigenvalue weighted by Crippen LogP contribution is 2.18. The van der Waals surface area contributed by atoms with Gasteiger partial charge in [0.05, 0.1) is 10.5 Å². The number of hydrogen-bond acceptors (Lipinski definition) is 6. The number of carbonyl (C=O) groups excluding carboxylic acids is 1. The first-order chi connectivity index (χ1) is 10.1. The van der Waals surface area contributed by atoms with Crippen LogP contribution in [0.4, 0.5) is 11.5 Å². The Kier molecular flexibility index (Phi) is 7.10. The fraction of sp³-hybridized carbons (Fsp3) is 0.538. The fourth-order valence-corrected chi connectivity index (χ4v) is 1.77. The van der Waals surface area contributed by atoms with Gasteiger partial charge in [0.1, 0.15) is 12.0 Å². The number of methoxy groups -OCH3 is 1. The molecule has 1 rings (SSSR count). The smallest absolute Gasteiger partial charge is 0.288 e. The van der Waals surface area contributed by atoms with Crippen molar-refractivity contribution in [2.75, 3.05) is 32.6 Å².